The molecular weight excluding hydrogens is 274 g/mol. The number of ether oxygens (including phenoxy) is 1. The Balaban J connectivity index is 1.86. The number of aryl methyl sites for hydroxylation is 4. The van der Waals surface area contributed by atoms with Crippen LogP contribution in [-0.4, -0.2) is 12.5 Å². The molecule has 1 N–H and O–H groups in total. The van der Waals surface area contributed by atoms with E-state index in [-0.39, 0.29) is 12.5 Å². The van der Waals surface area contributed by atoms with Crippen molar-refractivity contribution in [3.63, 3.8) is 0 Å². The Morgan fingerprint density at radius 2 is 1.64 bits per heavy atom. The average Bonchev–Trinajstić information content (AvgIpc) is 2.45. The average molecular weight is 297 g/mol. The van der Waals surface area contributed by atoms with Gasteiger partial charge in [-0.25, -0.2) is 0 Å². The molecule has 0 aromatic heterocycles. The molecule has 3 nitrogen and oxygen atoms in total. The van der Waals surface area contributed by atoms with Crippen molar-refractivity contribution in [2.24, 2.45) is 0 Å². The summed E-state index contributed by atoms with van der Waals surface area (Å²) >= 11 is 0. The molecule has 2 aromatic carbocycles. The molecule has 0 saturated heterocycles. The molecule has 2 aromatic rings. The van der Waals surface area contributed by atoms with Gasteiger partial charge >= 0.3 is 0 Å². The molecule has 0 unspecified atom stereocenters. The van der Waals surface area contributed by atoms with Gasteiger partial charge in [0.05, 0.1) is 6.61 Å². The second kappa shape index (κ2) is 7.23. The summed E-state index contributed by atoms with van der Waals surface area (Å²) in [6.45, 7) is 8.61. The van der Waals surface area contributed by atoms with E-state index in [4.69, 9.17) is 4.74 Å². The molecule has 0 radical (unpaired) electrons. The smallest absolute Gasteiger partial charge is 0.250 e. The van der Waals surface area contributed by atoms with Crippen LogP contribution in [-0.2, 0) is 16.1 Å². The van der Waals surface area contributed by atoms with E-state index in [0.717, 1.165) is 22.4 Å². The summed E-state index contributed by atoms with van der Waals surface area (Å²) in [5.41, 5.74) is 6.56. The number of benzene rings is 2. The molecule has 0 aliphatic heterocycles. The van der Waals surface area contributed by atoms with E-state index in [0.29, 0.717) is 6.61 Å². The van der Waals surface area contributed by atoms with Crippen molar-refractivity contribution in [3.05, 3.63) is 64.2 Å². The van der Waals surface area contributed by atoms with Crippen LogP contribution in [0.2, 0.25) is 0 Å². The zero-order valence-corrected chi connectivity index (χ0v) is 13.7. The third-order valence-corrected chi connectivity index (χ3v) is 3.66. The Hall–Kier alpha value is -2.13. The lowest BCUT2D eigenvalue weighted by Crippen LogP contribution is -2.19. The van der Waals surface area contributed by atoms with Crippen LogP contribution in [0.1, 0.15) is 27.8 Å². The summed E-state index contributed by atoms with van der Waals surface area (Å²) in [5.74, 6) is -0.126. The van der Waals surface area contributed by atoms with Crippen molar-refractivity contribution in [1.82, 2.24) is 0 Å². The maximum Gasteiger partial charge on any atom is 0.250 e. The van der Waals surface area contributed by atoms with Crippen LogP contribution < -0.4 is 5.32 Å². The van der Waals surface area contributed by atoms with Gasteiger partial charge in [-0.3, -0.25) is 4.79 Å². The van der Waals surface area contributed by atoms with Crippen LogP contribution in [0.3, 0.4) is 0 Å². The first-order chi connectivity index (χ1) is 10.5. The van der Waals surface area contributed by atoms with Crippen LogP contribution in [0.4, 0.5) is 5.69 Å². The molecule has 1 amide bonds. The predicted molar refractivity (Wildman–Crippen MR) is 90.1 cm³/mol. The SMILES string of the molecule is Cc1ccc(COCC(=O)Nc2cc(C)ccc2C)c(C)c1. The minimum Gasteiger partial charge on any atom is -0.367 e. The molecule has 2 rings (SSSR count). The van der Waals surface area contributed by atoms with Crippen molar-refractivity contribution in [2.45, 2.75) is 34.3 Å². The summed E-state index contributed by atoms with van der Waals surface area (Å²) in [6, 6.07) is 12.2. The minimum atomic E-state index is -0.126. The molecule has 22 heavy (non-hydrogen) atoms. The van der Waals surface area contributed by atoms with Crippen molar-refractivity contribution in [3.8, 4) is 0 Å². The Kier molecular flexibility index (Phi) is 5.34. The first-order valence-corrected chi connectivity index (χ1v) is 7.46. The third kappa shape index (κ3) is 4.43. The second-order valence-corrected chi connectivity index (χ2v) is 5.79. The zero-order chi connectivity index (χ0) is 16.1. The highest BCUT2D eigenvalue weighted by Gasteiger charge is 2.06. The number of hydrogen-bond donors (Lipinski definition) is 1. The Morgan fingerprint density at radius 1 is 0.955 bits per heavy atom. The number of amides is 1. The van der Waals surface area contributed by atoms with E-state index in [1.807, 2.05) is 38.1 Å². The van der Waals surface area contributed by atoms with Crippen molar-refractivity contribution < 1.29 is 9.53 Å². The molecule has 0 aliphatic carbocycles. The highest BCUT2D eigenvalue weighted by atomic mass is 16.5. The fourth-order valence-electron chi connectivity index (χ4n) is 2.32. The van der Waals surface area contributed by atoms with Crippen LogP contribution in [0, 0.1) is 27.7 Å². The number of carbonyl (C=O) groups excluding carboxylic acids is 1. The predicted octanol–water partition coefficient (Wildman–Crippen LogP) is 4.08. The third-order valence-electron chi connectivity index (χ3n) is 3.66. The van der Waals surface area contributed by atoms with E-state index in [1.165, 1.54) is 11.1 Å². The second-order valence-electron chi connectivity index (χ2n) is 5.79. The maximum atomic E-state index is 12.0. The van der Waals surface area contributed by atoms with Crippen molar-refractivity contribution >= 4 is 11.6 Å². The van der Waals surface area contributed by atoms with E-state index in [9.17, 15) is 4.79 Å². The van der Waals surface area contributed by atoms with Crippen LogP contribution in [0.15, 0.2) is 36.4 Å². The molecule has 0 fully saturated rings. The lowest BCUT2D eigenvalue weighted by atomic mass is 10.1. The molecule has 0 aliphatic rings. The molecule has 0 heterocycles. The molecule has 3 heteroatoms. The van der Waals surface area contributed by atoms with Crippen molar-refractivity contribution in [2.75, 3.05) is 11.9 Å². The Morgan fingerprint density at radius 3 is 2.36 bits per heavy atom. The number of rotatable bonds is 5. The normalized spacial score (nSPS) is 10.5. The minimum absolute atomic E-state index is 0.0562. The van der Waals surface area contributed by atoms with E-state index >= 15 is 0 Å². The number of anilines is 1. The summed E-state index contributed by atoms with van der Waals surface area (Å²) in [6.07, 6.45) is 0. The monoisotopic (exact) mass is 297 g/mol. The van der Waals surface area contributed by atoms with Crippen LogP contribution in [0.5, 0.6) is 0 Å². The Bertz CT molecular complexity index is 677. The zero-order valence-electron chi connectivity index (χ0n) is 13.7. The fourth-order valence-corrected chi connectivity index (χ4v) is 2.32. The van der Waals surface area contributed by atoms with Gasteiger partial charge in [-0.15, -0.1) is 0 Å². The largest absolute Gasteiger partial charge is 0.367 e. The van der Waals surface area contributed by atoms with Crippen molar-refractivity contribution in [1.29, 1.82) is 0 Å². The topological polar surface area (TPSA) is 38.3 Å². The molecule has 0 bridgehead atoms. The highest BCUT2D eigenvalue weighted by Crippen LogP contribution is 2.16. The highest BCUT2D eigenvalue weighted by molar-refractivity contribution is 5.92. The molecular formula is C19H23NO2. The molecule has 0 atom stereocenters. The molecule has 0 spiro atoms. The lowest BCUT2D eigenvalue weighted by molar-refractivity contribution is -0.121. The quantitative estimate of drug-likeness (QED) is 0.903. The van der Waals surface area contributed by atoms with Gasteiger partial charge in [0.1, 0.15) is 6.61 Å². The fraction of sp³-hybridized carbons (Fsp3) is 0.316. The van der Waals surface area contributed by atoms with Crippen LogP contribution in [0.25, 0.3) is 0 Å². The van der Waals surface area contributed by atoms with Crippen LogP contribution >= 0.6 is 0 Å². The van der Waals surface area contributed by atoms with E-state index in [1.54, 1.807) is 0 Å². The van der Waals surface area contributed by atoms with Gasteiger partial charge in [-0.2, -0.15) is 0 Å². The molecule has 0 saturated carbocycles. The first-order valence-electron chi connectivity index (χ1n) is 7.46. The standard InChI is InChI=1S/C19H23NO2/c1-13-6-8-17(16(4)9-13)11-22-12-19(21)20-18-10-14(2)5-7-15(18)3/h5-10H,11-12H2,1-4H3,(H,20,21). The van der Waals surface area contributed by atoms with Gasteiger partial charge in [0.25, 0.3) is 0 Å². The van der Waals surface area contributed by atoms with E-state index in [2.05, 4.69) is 31.3 Å². The summed E-state index contributed by atoms with van der Waals surface area (Å²) in [7, 11) is 0. The number of hydrogen-bond acceptors (Lipinski definition) is 2. The summed E-state index contributed by atoms with van der Waals surface area (Å²) < 4.78 is 5.53. The number of carbonyl (C=O) groups is 1. The maximum absolute atomic E-state index is 12.0. The van der Waals surface area contributed by atoms with E-state index < -0.39 is 0 Å². The Labute approximate surface area is 132 Å². The lowest BCUT2D eigenvalue weighted by Gasteiger charge is -2.11. The first kappa shape index (κ1) is 16.2. The number of nitrogens with one attached hydrogen (secondary N) is 1. The van der Waals surface area contributed by atoms with Gasteiger partial charge in [0.2, 0.25) is 5.91 Å². The van der Waals surface area contributed by atoms with Gasteiger partial charge in [0, 0.05) is 5.69 Å². The summed E-state index contributed by atoms with van der Waals surface area (Å²) in [5, 5.41) is 2.90. The summed E-state index contributed by atoms with van der Waals surface area (Å²) in [4.78, 5) is 12.0. The van der Waals surface area contributed by atoms with Gasteiger partial charge in [0.15, 0.2) is 0 Å². The molecule has 116 valence electrons. The van der Waals surface area contributed by atoms with Gasteiger partial charge in [-0.1, -0.05) is 35.9 Å². The van der Waals surface area contributed by atoms with Gasteiger partial charge < -0.3 is 10.1 Å². The van der Waals surface area contributed by atoms with Gasteiger partial charge in [-0.05, 0) is 56.0 Å².